The number of hydrogen-bond donors (Lipinski definition) is 1. The average molecular weight is 310 g/mol. The molecular formula is C18H18N2O3. The van der Waals surface area contributed by atoms with E-state index in [-0.39, 0.29) is 11.6 Å². The molecule has 2 aromatic carbocycles. The van der Waals surface area contributed by atoms with Crippen molar-refractivity contribution in [2.24, 2.45) is 5.18 Å². The van der Waals surface area contributed by atoms with Crippen molar-refractivity contribution in [2.45, 2.75) is 19.9 Å². The van der Waals surface area contributed by atoms with E-state index in [0.29, 0.717) is 25.0 Å². The predicted molar refractivity (Wildman–Crippen MR) is 90.3 cm³/mol. The number of benzene rings is 2. The molecule has 0 bridgehead atoms. The molecule has 0 fully saturated rings. The molecule has 0 spiro atoms. The molecule has 0 aliphatic heterocycles. The van der Waals surface area contributed by atoms with Crippen LogP contribution in [0.15, 0.2) is 53.7 Å². The summed E-state index contributed by atoms with van der Waals surface area (Å²) in [5.41, 5.74) is 2.05. The number of aromatic nitrogens is 1. The first kappa shape index (κ1) is 15.1. The van der Waals surface area contributed by atoms with Gasteiger partial charge in [-0.05, 0) is 42.3 Å². The monoisotopic (exact) mass is 310 g/mol. The zero-order valence-corrected chi connectivity index (χ0v) is 12.9. The van der Waals surface area contributed by atoms with Crippen molar-refractivity contribution in [1.82, 2.24) is 4.57 Å². The van der Waals surface area contributed by atoms with Gasteiger partial charge in [-0.25, -0.2) is 0 Å². The van der Waals surface area contributed by atoms with E-state index in [1.165, 1.54) is 0 Å². The molecule has 5 heteroatoms. The van der Waals surface area contributed by atoms with E-state index < -0.39 is 0 Å². The number of fused-ring (bicyclic) bond motifs is 1. The van der Waals surface area contributed by atoms with Crippen LogP contribution in [0.1, 0.15) is 12.0 Å². The fourth-order valence-corrected chi connectivity index (χ4v) is 2.71. The van der Waals surface area contributed by atoms with E-state index in [1.807, 2.05) is 49.4 Å². The molecule has 23 heavy (non-hydrogen) atoms. The predicted octanol–water partition coefficient (Wildman–Crippen LogP) is 4.52. The van der Waals surface area contributed by atoms with Crippen molar-refractivity contribution >= 4 is 16.6 Å². The minimum atomic E-state index is -0.0863. The van der Waals surface area contributed by atoms with Crippen LogP contribution in [-0.2, 0) is 6.54 Å². The molecule has 5 nitrogen and oxygen atoms in total. The number of aryl methyl sites for hydroxylation is 2. The maximum Gasteiger partial charge on any atom is 0.222 e. The van der Waals surface area contributed by atoms with Gasteiger partial charge in [0.05, 0.1) is 12.1 Å². The van der Waals surface area contributed by atoms with Crippen molar-refractivity contribution in [3.8, 4) is 11.6 Å². The molecular weight excluding hydrogens is 292 g/mol. The number of aromatic hydroxyl groups is 1. The van der Waals surface area contributed by atoms with Crippen LogP contribution in [0.3, 0.4) is 0 Å². The normalized spacial score (nSPS) is 10.8. The average Bonchev–Trinajstić information content (AvgIpc) is 2.83. The van der Waals surface area contributed by atoms with Crippen LogP contribution in [0, 0.1) is 11.8 Å². The molecule has 3 aromatic rings. The van der Waals surface area contributed by atoms with Gasteiger partial charge in [-0.15, -0.1) is 4.91 Å². The Morgan fingerprint density at radius 2 is 2.00 bits per heavy atom. The Hall–Kier alpha value is -2.82. The number of nitrogens with zero attached hydrogens (tertiary/aromatic N) is 2. The highest BCUT2D eigenvalue weighted by Crippen LogP contribution is 2.38. The quantitative estimate of drug-likeness (QED) is 0.537. The number of ether oxygens (including phenoxy) is 1. The lowest BCUT2D eigenvalue weighted by Gasteiger charge is -2.09. The molecule has 0 unspecified atom stereocenters. The summed E-state index contributed by atoms with van der Waals surface area (Å²) >= 11 is 0. The molecule has 1 aromatic heterocycles. The zero-order chi connectivity index (χ0) is 16.2. The van der Waals surface area contributed by atoms with E-state index in [4.69, 9.17) is 4.74 Å². The van der Waals surface area contributed by atoms with Gasteiger partial charge in [-0.1, -0.05) is 30.3 Å². The molecule has 3 rings (SSSR count). The second-order valence-electron chi connectivity index (χ2n) is 5.45. The first-order valence-electron chi connectivity index (χ1n) is 7.53. The molecule has 0 amide bonds. The smallest absolute Gasteiger partial charge is 0.222 e. The highest BCUT2D eigenvalue weighted by atomic mass is 16.5. The van der Waals surface area contributed by atoms with Crippen LogP contribution in [0.4, 0.5) is 5.69 Å². The van der Waals surface area contributed by atoms with E-state index in [0.717, 1.165) is 16.8 Å². The van der Waals surface area contributed by atoms with Gasteiger partial charge in [0.25, 0.3) is 0 Å². The fourth-order valence-electron chi connectivity index (χ4n) is 2.71. The maximum atomic E-state index is 11.0. The maximum absolute atomic E-state index is 11.0. The van der Waals surface area contributed by atoms with Crippen LogP contribution in [-0.4, -0.2) is 16.3 Å². The van der Waals surface area contributed by atoms with Gasteiger partial charge >= 0.3 is 0 Å². The lowest BCUT2D eigenvalue weighted by molar-refractivity contribution is 0.298. The Labute approximate surface area is 134 Å². The molecule has 0 aliphatic carbocycles. The number of hydrogen-bond acceptors (Lipinski definition) is 4. The molecule has 1 heterocycles. The number of para-hydroxylation sites is 1. The Morgan fingerprint density at radius 1 is 1.17 bits per heavy atom. The Balaban J connectivity index is 1.70. The first-order chi connectivity index (χ1) is 11.2. The standard InChI is InChI=1S/C18H18N2O3/c1-13-6-4-7-14(12-13)23-11-5-10-20-16-9-3-2-8-15(16)17(19-22)18(20)21/h2-4,6-9,12,21H,5,10-11H2,1H3. The van der Waals surface area contributed by atoms with Gasteiger partial charge in [0.15, 0.2) is 5.69 Å². The molecule has 0 aliphatic rings. The lowest BCUT2D eigenvalue weighted by Crippen LogP contribution is -2.04. The summed E-state index contributed by atoms with van der Waals surface area (Å²) in [6, 6.07) is 15.2. The number of rotatable bonds is 6. The summed E-state index contributed by atoms with van der Waals surface area (Å²) < 4.78 is 7.41. The summed E-state index contributed by atoms with van der Waals surface area (Å²) in [4.78, 5) is 11.0. The molecule has 0 radical (unpaired) electrons. The van der Waals surface area contributed by atoms with Gasteiger partial charge in [0.2, 0.25) is 5.88 Å². The van der Waals surface area contributed by atoms with E-state index in [2.05, 4.69) is 5.18 Å². The molecule has 1 N–H and O–H groups in total. The van der Waals surface area contributed by atoms with E-state index >= 15 is 0 Å². The third-order valence-corrected chi connectivity index (χ3v) is 3.79. The van der Waals surface area contributed by atoms with Crippen LogP contribution in [0.25, 0.3) is 10.9 Å². The van der Waals surface area contributed by atoms with Crippen molar-refractivity contribution in [3.63, 3.8) is 0 Å². The largest absolute Gasteiger partial charge is 0.494 e. The van der Waals surface area contributed by atoms with Crippen molar-refractivity contribution in [2.75, 3.05) is 6.61 Å². The summed E-state index contributed by atoms with van der Waals surface area (Å²) in [6.07, 6.45) is 0.707. The SMILES string of the molecule is Cc1cccc(OCCCn2c(O)c(N=O)c3ccccc32)c1. The number of nitroso groups, excluding NO2 is 1. The van der Waals surface area contributed by atoms with Crippen LogP contribution in [0.5, 0.6) is 11.6 Å². The topological polar surface area (TPSA) is 63.8 Å². The summed E-state index contributed by atoms with van der Waals surface area (Å²) in [7, 11) is 0. The van der Waals surface area contributed by atoms with E-state index in [1.54, 1.807) is 10.6 Å². The van der Waals surface area contributed by atoms with Gasteiger partial charge in [0, 0.05) is 11.9 Å². The highest BCUT2D eigenvalue weighted by molar-refractivity contribution is 5.94. The Morgan fingerprint density at radius 3 is 2.78 bits per heavy atom. The zero-order valence-electron chi connectivity index (χ0n) is 12.9. The van der Waals surface area contributed by atoms with Gasteiger partial charge in [0.1, 0.15) is 5.75 Å². The van der Waals surface area contributed by atoms with E-state index in [9.17, 15) is 10.0 Å². The highest BCUT2D eigenvalue weighted by Gasteiger charge is 2.16. The molecule has 0 atom stereocenters. The lowest BCUT2D eigenvalue weighted by atomic mass is 10.2. The Kier molecular flexibility index (Phi) is 4.28. The second-order valence-corrected chi connectivity index (χ2v) is 5.45. The first-order valence-corrected chi connectivity index (χ1v) is 7.53. The van der Waals surface area contributed by atoms with Crippen LogP contribution in [0.2, 0.25) is 0 Å². The van der Waals surface area contributed by atoms with Gasteiger partial charge < -0.3 is 14.4 Å². The van der Waals surface area contributed by atoms with Crippen LogP contribution < -0.4 is 4.74 Å². The molecule has 118 valence electrons. The van der Waals surface area contributed by atoms with Crippen molar-refractivity contribution in [1.29, 1.82) is 0 Å². The van der Waals surface area contributed by atoms with Gasteiger partial charge in [-0.2, -0.15) is 0 Å². The van der Waals surface area contributed by atoms with Crippen molar-refractivity contribution in [3.05, 3.63) is 59.0 Å². The molecule has 0 saturated heterocycles. The third-order valence-electron chi connectivity index (χ3n) is 3.79. The summed E-state index contributed by atoms with van der Waals surface area (Å²) in [5.74, 6) is 0.749. The molecule has 0 saturated carbocycles. The Bertz CT molecular complexity index is 839. The summed E-state index contributed by atoms with van der Waals surface area (Å²) in [6.45, 7) is 3.09. The second kappa shape index (κ2) is 6.52. The fraction of sp³-hybridized carbons (Fsp3) is 0.222. The van der Waals surface area contributed by atoms with Gasteiger partial charge in [-0.3, -0.25) is 0 Å². The minimum absolute atomic E-state index is 0.0863. The van der Waals surface area contributed by atoms with Crippen LogP contribution >= 0.6 is 0 Å². The minimum Gasteiger partial charge on any atom is -0.494 e. The summed E-state index contributed by atoms with van der Waals surface area (Å²) in [5, 5.41) is 13.8. The van der Waals surface area contributed by atoms with Crippen molar-refractivity contribution < 1.29 is 9.84 Å². The third kappa shape index (κ3) is 3.04.